The maximum atomic E-state index is 3.46. The molecule has 3 rings (SSSR count). The van der Waals surface area contributed by atoms with Crippen LogP contribution < -0.4 is 21.1 Å². The lowest BCUT2D eigenvalue weighted by molar-refractivity contribution is 0.492. The summed E-state index contributed by atoms with van der Waals surface area (Å²) in [4.78, 5) is 0. The highest BCUT2D eigenvalue weighted by Gasteiger charge is 2.19. The van der Waals surface area contributed by atoms with E-state index in [1.54, 1.807) is 0 Å². The molecule has 1 aliphatic heterocycles. The minimum atomic E-state index is 0.652. The van der Waals surface area contributed by atoms with E-state index in [-0.39, 0.29) is 0 Å². The van der Waals surface area contributed by atoms with Crippen molar-refractivity contribution in [1.29, 1.82) is 0 Å². The van der Waals surface area contributed by atoms with Gasteiger partial charge >= 0.3 is 0 Å². The van der Waals surface area contributed by atoms with Gasteiger partial charge in [0.2, 0.25) is 0 Å². The smallest absolute Gasteiger partial charge is 0.0650 e. The molecular weight excluding hydrogens is 172 g/mol. The van der Waals surface area contributed by atoms with E-state index in [0.29, 0.717) is 5.92 Å². The van der Waals surface area contributed by atoms with Crippen molar-refractivity contribution in [1.82, 2.24) is 10.6 Å². The van der Waals surface area contributed by atoms with E-state index in [2.05, 4.69) is 41.0 Å². The van der Waals surface area contributed by atoms with E-state index in [9.17, 15) is 0 Å². The number of rotatable bonds is 0. The molecule has 0 spiro atoms. The van der Waals surface area contributed by atoms with Crippen LogP contribution in [0.2, 0.25) is 0 Å². The van der Waals surface area contributed by atoms with Gasteiger partial charge in [-0.2, -0.15) is 0 Å². The molecule has 0 aromatic heterocycles. The van der Waals surface area contributed by atoms with Gasteiger partial charge in [0.15, 0.2) is 0 Å². The van der Waals surface area contributed by atoms with Crippen LogP contribution in [0, 0.1) is 5.92 Å². The minimum absolute atomic E-state index is 0.652. The summed E-state index contributed by atoms with van der Waals surface area (Å²) in [7, 11) is 0. The SMILES string of the molecule is C1=c2ccccc2=C2NCNCC2C1. The van der Waals surface area contributed by atoms with Crippen molar-refractivity contribution in [3.8, 4) is 0 Å². The van der Waals surface area contributed by atoms with Crippen molar-refractivity contribution in [3.05, 3.63) is 34.7 Å². The molecule has 0 radical (unpaired) electrons. The Balaban J connectivity index is 2.27. The molecule has 0 bridgehead atoms. The molecule has 1 atom stereocenters. The number of hydrogen-bond donors (Lipinski definition) is 2. The first-order valence-electron chi connectivity index (χ1n) is 5.19. The maximum absolute atomic E-state index is 3.46. The summed E-state index contributed by atoms with van der Waals surface area (Å²) in [5.41, 5.74) is 1.43. The Labute approximate surface area is 83.3 Å². The number of hydrogen-bond acceptors (Lipinski definition) is 2. The van der Waals surface area contributed by atoms with Gasteiger partial charge in [-0.05, 0) is 11.6 Å². The van der Waals surface area contributed by atoms with E-state index >= 15 is 0 Å². The average Bonchev–Trinajstić information content (AvgIpc) is 2.29. The zero-order valence-corrected chi connectivity index (χ0v) is 8.09. The van der Waals surface area contributed by atoms with Gasteiger partial charge in [-0.15, -0.1) is 0 Å². The summed E-state index contributed by atoms with van der Waals surface area (Å²) in [5, 5.41) is 9.60. The number of fused-ring (bicyclic) bond motifs is 2. The van der Waals surface area contributed by atoms with Gasteiger partial charge in [-0.1, -0.05) is 30.3 Å². The molecule has 1 aliphatic carbocycles. The van der Waals surface area contributed by atoms with Gasteiger partial charge in [-0.25, -0.2) is 0 Å². The number of benzene rings is 1. The Kier molecular flexibility index (Phi) is 1.81. The summed E-state index contributed by atoms with van der Waals surface area (Å²) in [6, 6.07) is 8.64. The molecule has 14 heavy (non-hydrogen) atoms. The highest BCUT2D eigenvalue weighted by atomic mass is 15.1. The molecule has 2 heteroatoms. The molecule has 2 N–H and O–H groups in total. The predicted octanol–water partition coefficient (Wildman–Crippen LogP) is -0.254. The Bertz CT molecular complexity index is 461. The molecule has 2 nitrogen and oxygen atoms in total. The predicted molar refractivity (Wildman–Crippen MR) is 57.7 cm³/mol. The Morgan fingerprint density at radius 3 is 3.14 bits per heavy atom. The van der Waals surface area contributed by atoms with Crippen LogP contribution in [0.1, 0.15) is 6.42 Å². The largest absolute Gasteiger partial charge is 0.375 e. The van der Waals surface area contributed by atoms with Gasteiger partial charge in [0.1, 0.15) is 0 Å². The molecule has 1 saturated heterocycles. The van der Waals surface area contributed by atoms with Gasteiger partial charge in [0.05, 0.1) is 6.67 Å². The van der Waals surface area contributed by atoms with E-state index < -0.39 is 0 Å². The minimum Gasteiger partial charge on any atom is -0.375 e. The lowest BCUT2D eigenvalue weighted by atomic mass is 9.92. The second kappa shape index (κ2) is 3.14. The molecule has 1 unspecified atom stereocenters. The molecule has 1 heterocycles. The van der Waals surface area contributed by atoms with Crippen LogP contribution >= 0.6 is 0 Å². The first-order chi connectivity index (χ1) is 6.95. The number of nitrogens with one attached hydrogen (secondary N) is 2. The van der Waals surface area contributed by atoms with Crippen molar-refractivity contribution in [2.45, 2.75) is 6.42 Å². The van der Waals surface area contributed by atoms with E-state index in [0.717, 1.165) is 19.6 Å². The summed E-state index contributed by atoms with van der Waals surface area (Å²) < 4.78 is 0. The van der Waals surface area contributed by atoms with Crippen LogP contribution in [-0.2, 0) is 0 Å². The fourth-order valence-electron chi connectivity index (χ4n) is 2.36. The topological polar surface area (TPSA) is 24.1 Å². The van der Waals surface area contributed by atoms with Crippen LogP contribution in [0.3, 0.4) is 0 Å². The highest BCUT2D eigenvalue weighted by molar-refractivity contribution is 5.53. The van der Waals surface area contributed by atoms with Gasteiger partial charge in [-0.3, -0.25) is 5.32 Å². The molecule has 2 aliphatic rings. The van der Waals surface area contributed by atoms with Crippen LogP contribution in [0.4, 0.5) is 0 Å². The quantitative estimate of drug-likeness (QED) is 0.583. The first-order valence-corrected chi connectivity index (χ1v) is 5.19. The summed E-state index contributed by atoms with van der Waals surface area (Å²) in [5.74, 6) is 0.652. The zero-order valence-electron chi connectivity index (χ0n) is 8.09. The molecule has 1 fully saturated rings. The van der Waals surface area contributed by atoms with Crippen LogP contribution in [0.25, 0.3) is 11.8 Å². The average molecular weight is 186 g/mol. The maximum Gasteiger partial charge on any atom is 0.0650 e. The molecular formula is C12H14N2. The third-order valence-corrected chi connectivity index (χ3v) is 3.08. The molecule has 0 saturated carbocycles. The third-order valence-electron chi connectivity index (χ3n) is 3.08. The fraction of sp³-hybridized carbons (Fsp3) is 0.333. The standard InChI is InChI=1S/C12H14N2/c1-2-4-11-9(3-1)5-6-10-7-13-8-14-12(10)11/h1-5,10,13-14H,6-8H2. The van der Waals surface area contributed by atoms with Crippen LogP contribution in [-0.4, -0.2) is 13.2 Å². The Morgan fingerprint density at radius 1 is 1.21 bits per heavy atom. The van der Waals surface area contributed by atoms with E-state index in [1.165, 1.54) is 16.1 Å². The second-order valence-corrected chi connectivity index (χ2v) is 3.95. The summed E-state index contributed by atoms with van der Waals surface area (Å²) in [6.07, 6.45) is 3.50. The summed E-state index contributed by atoms with van der Waals surface area (Å²) >= 11 is 0. The normalized spacial score (nSPS) is 24.3. The van der Waals surface area contributed by atoms with Crippen molar-refractivity contribution in [3.63, 3.8) is 0 Å². The van der Waals surface area contributed by atoms with Gasteiger partial charge < -0.3 is 5.32 Å². The van der Waals surface area contributed by atoms with Crippen LogP contribution in [0.15, 0.2) is 24.3 Å². The van der Waals surface area contributed by atoms with Gasteiger partial charge in [0.25, 0.3) is 0 Å². The summed E-state index contributed by atoms with van der Waals surface area (Å²) in [6.45, 7) is 2.01. The first kappa shape index (κ1) is 8.06. The zero-order chi connectivity index (χ0) is 9.38. The lowest BCUT2D eigenvalue weighted by Gasteiger charge is -2.29. The monoisotopic (exact) mass is 186 g/mol. The molecule has 1 aromatic rings. The van der Waals surface area contributed by atoms with Crippen molar-refractivity contribution < 1.29 is 0 Å². The third kappa shape index (κ3) is 1.15. The Hall–Kier alpha value is -1.28. The van der Waals surface area contributed by atoms with E-state index in [4.69, 9.17) is 0 Å². The van der Waals surface area contributed by atoms with E-state index in [1.807, 2.05) is 0 Å². The van der Waals surface area contributed by atoms with Gasteiger partial charge in [0, 0.05) is 23.4 Å². The molecule has 1 aromatic carbocycles. The van der Waals surface area contributed by atoms with Crippen LogP contribution in [0.5, 0.6) is 0 Å². The molecule has 72 valence electrons. The van der Waals surface area contributed by atoms with Crippen molar-refractivity contribution in [2.24, 2.45) is 5.92 Å². The van der Waals surface area contributed by atoms with Crippen molar-refractivity contribution >= 4 is 11.8 Å². The lowest BCUT2D eigenvalue weighted by Crippen LogP contribution is -2.48. The highest BCUT2D eigenvalue weighted by Crippen LogP contribution is 2.16. The molecule has 0 amide bonds. The Morgan fingerprint density at radius 2 is 2.14 bits per heavy atom. The fourth-order valence-corrected chi connectivity index (χ4v) is 2.36. The second-order valence-electron chi connectivity index (χ2n) is 3.95. The van der Waals surface area contributed by atoms with Crippen molar-refractivity contribution in [2.75, 3.05) is 13.2 Å².